The SMILES string of the molecule is Cc1[nH]c2ccc(C(=O)NC(C)C3CCOC3)cc2c1C. The molecule has 1 saturated heterocycles. The number of aromatic nitrogens is 1. The van der Waals surface area contributed by atoms with Crippen LogP contribution in [0.4, 0.5) is 0 Å². The number of aromatic amines is 1. The molecule has 2 atom stereocenters. The van der Waals surface area contributed by atoms with Crippen molar-refractivity contribution in [3.63, 3.8) is 0 Å². The van der Waals surface area contributed by atoms with E-state index in [1.54, 1.807) is 0 Å². The summed E-state index contributed by atoms with van der Waals surface area (Å²) in [6.45, 7) is 7.74. The normalized spacial score (nSPS) is 19.9. The highest BCUT2D eigenvalue weighted by atomic mass is 16.5. The van der Waals surface area contributed by atoms with Gasteiger partial charge in [-0.15, -0.1) is 0 Å². The summed E-state index contributed by atoms with van der Waals surface area (Å²) >= 11 is 0. The summed E-state index contributed by atoms with van der Waals surface area (Å²) in [6.07, 6.45) is 1.02. The molecule has 1 aliphatic heterocycles. The quantitative estimate of drug-likeness (QED) is 0.911. The summed E-state index contributed by atoms with van der Waals surface area (Å²) in [4.78, 5) is 15.7. The van der Waals surface area contributed by atoms with Crippen molar-refractivity contribution < 1.29 is 9.53 Å². The van der Waals surface area contributed by atoms with E-state index >= 15 is 0 Å². The maximum absolute atomic E-state index is 12.4. The van der Waals surface area contributed by atoms with E-state index in [1.807, 2.05) is 18.2 Å². The third kappa shape index (κ3) is 2.68. The summed E-state index contributed by atoms with van der Waals surface area (Å²) in [5.74, 6) is 0.420. The van der Waals surface area contributed by atoms with Gasteiger partial charge >= 0.3 is 0 Å². The maximum atomic E-state index is 12.4. The molecule has 1 aliphatic rings. The molecule has 0 spiro atoms. The number of carbonyl (C=O) groups is 1. The number of H-pyrrole nitrogens is 1. The topological polar surface area (TPSA) is 54.1 Å². The van der Waals surface area contributed by atoms with Crippen molar-refractivity contribution in [1.82, 2.24) is 10.3 Å². The highest BCUT2D eigenvalue weighted by Gasteiger charge is 2.24. The number of benzene rings is 1. The van der Waals surface area contributed by atoms with Crippen molar-refractivity contribution in [2.75, 3.05) is 13.2 Å². The first kappa shape index (κ1) is 14.1. The van der Waals surface area contributed by atoms with E-state index in [0.29, 0.717) is 5.92 Å². The fraction of sp³-hybridized carbons (Fsp3) is 0.471. The van der Waals surface area contributed by atoms with Crippen LogP contribution in [0.25, 0.3) is 10.9 Å². The molecule has 2 heterocycles. The number of aryl methyl sites for hydroxylation is 2. The molecule has 4 nitrogen and oxygen atoms in total. The number of fused-ring (bicyclic) bond motifs is 1. The Kier molecular flexibility index (Phi) is 3.72. The Hall–Kier alpha value is -1.81. The van der Waals surface area contributed by atoms with Gasteiger partial charge in [-0.25, -0.2) is 0 Å². The number of hydrogen-bond acceptors (Lipinski definition) is 2. The molecule has 0 saturated carbocycles. The lowest BCUT2D eigenvalue weighted by Gasteiger charge is -2.19. The predicted octanol–water partition coefficient (Wildman–Crippen LogP) is 2.94. The Morgan fingerprint density at radius 2 is 2.24 bits per heavy atom. The van der Waals surface area contributed by atoms with Gasteiger partial charge in [0.1, 0.15) is 0 Å². The number of nitrogens with one attached hydrogen (secondary N) is 2. The molecule has 1 aromatic carbocycles. The third-order valence-corrected chi connectivity index (χ3v) is 4.60. The standard InChI is InChI=1S/C17H22N2O2/c1-10-11(2)18-16-5-4-13(8-15(10)16)17(20)19-12(3)14-6-7-21-9-14/h4-5,8,12,14,18H,6-7,9H2,1-3H3,(H,19,20). The lowest BCUT2D eigenvalue weighted by atomic mass is 10.00. The Labute approximate surface area is 124 Å². The molecule has 2 N–H and O–H groups in total. The van der Waals surface area contributed by atoms with E-state index in [9.17, 15) is 4.79 Å². The van der Waals surface area contributed by atoms with Crippen molar-refractivity contribution in [3.05, 3.63) is 35.0 Å². The molecule has 21 heavy (non-hydrogen) atoms. The number of amides is 1. The van der Waals surface area contributed by atoms with E-state index in [1.165, 1.54) is 5.56 Å². The zero-order valence-corrected chi connectivity index (χ0v) is 12.8. The summed E-state index contributed by atoms with van der Waals surface area (Å²) in [7, 11) is 0. The first-order valence-electron chi connectivity index (χ1n) is 7.54. The van der Waals surface area contributed by atoms with Crippen LogP contribution in [0, 0.1) is 19.8 Å². The van der Waals surface area contributed by atoms with Crippen LogP contribution in [0.2, 0.25) is 0 Å². The zero-order chi connectivity index (χ0) is 15.0. The second-order valence-corrected chi connectivity index (χ2v) is 6.02. The largest absolute Gasteiger partial charge is 0.381 e. The van der Waals surface area contributed by atoms with Gasteiger partial charge in [-0.1, -0.05) is 0 Å². The van der Waals surface area contributed by atoms with Gasteiger partial charge in [-0.2, -0.15) is 0 Å². The molecular weight excluding hydrogens is 264 g/mol. The molecular formula is C17H22N2O2. The van der Waals surface area contributed by atoms with Crippen LogP contribution < -0.4 is 5.32 Å². The average Bonchev–Trinajstić information content (AvgIpc) is 3.08. The lowest BCUT2D eigenvalue weighted by molar-refractivity contribution is 0.0922. The molecule has 2 aromatic rings. The van der Waals surface area contributed by atoms with Crippen LogP contribution in [0.3, 0.4) is 0 Å². The van der Waals surface area contributed by atoms with Crippen LogP contribution in [0.15, 0.2) is 18.2 Å². The number of ether oxygens (including phenoxy) is 1. The van der Waals surface area contributed by atoms with Crippen molar-refractivity contribution in [3.8, 4) is 0 Å². The summed E-state index contributed by atoms with van der Waals surface area (Å²) in [5.41, 5.74) is 4.16. The fourth-order valence-corrected chi connectivity index (χ4v) is 2.96. The lowest BCUT2D eigenvalue weighted by Crippen LogP contribution is -2.38. The average molecular weight is 286 g/mol. The number of rotatable bonds is 3. The molecule has 1 fully saturated rings. The Morgan fingerprint density at radius 1 is 1.43 bits per heavy atom. The highest BCUT2D eigenvalue weighted by Crippen LogP contribution is 2.23. The Bertz CT molecular complexity index is 669. The van der Waals surface area contributed by atoms with E-state index in [0.717, 1.165) is 41.8 Å². The molecule has 2 unspecified atom stereocenters. The van der Waals surface area contributed by atoms with E-state index in [-0.39, 0.29) is 11.9 Å². The monoisotopic (exact) mass is 286 g/mol. The van der Waals surface area contributed by atoms with Gasteiger partial charge in [0.2, 0.25) is 0 Å². The fourth-order valence-electron chi connectivity index (χ4n) is 2.96. The van der Waals surface area contributed by atoms with Crippen LogP contribution in [0.5, 0.6) is 0 Å². The minimum absolute atomic E-state index is 0.00504. The van der Waals surface area contributed by atoms with Crippen LogP contribution in [-0.2, 0) is 4.74 Å². The van der Waals surface area contributed by atoms with Crippen LogP contribution in [0.1, 0.15) is 35.0 Å². The second-order valence-electron chi connectivity index (χ2n) is 6.02. The van der Waals surface area contributed by atoms with Gasteiger partial charge in [-0.3, -0.25) is 4.79 Å². The molecule has 0 aliphatic carbocycles. The molecule has 1 aromatic heterocycles. The molecule has 4 heteroatoms. The molecule has 0 radical (unpaired) electrons. The molecule has 112 valence electrons. The second kappa shape index (κ2) is 5.53. The number of hydrogen-bond donors (Lipinski definition) is 2. The Morgan fingerprint density at radius 3 is 2.95 bits per heavy atom. The van der Waals surface area contributed by atoms with Gasteiger partial charge in [0.15, 0.2) is 0 Å². The van der Waals surface area contributed by atoms with Gasteiger partial charge in [0, 0.05) is 40.7 Å². The van der Waals surface area contributed by atoms with Gasteiger partial charge < -0.3 is 15.0 Å². The van der Waals surface area contributed by atoms with Gasteiger partial charge in [0.25, 0.3) is 5.91 Å². The summed E-state index contributed by atoms with van der Waals surface area (Å²) in [6, 6.07) is 5.98. The van der Waals surface area contributed by atoms with Crippen molar-refractivity contribution in [1.29, 1.82) is 0 Å². The minimum atomic E-state index is -0.00504. The summed E-state index contributed by atoms with van der Waals surface area (Å²) < 4.78 is 5.39. The highest BCUT2D eigenvalue weighted by molar-refractivity contribution is 5.99. The predicted molar refractivity (Wildman–Crippen MR) is 83.6 cm³/mol. The summed E-state index contributed by atoms with van der Waals surface area (Å²) in [5, 5.41) is 4.22. The first-order valence-corrected chi connectivity index (χ1v) is 7.54. The maximum Gasteiger partial charge on any atom is 0.251 e. The van der Waals surface area contributed by atoms with E-state index < -0.39 is 0 Å². The Balaban J connectivity index is 1.79. The molecule has 0 bridgehead atoms. The zero-order valence-electron chi connectivity index (χ0n) is 12.8. The van der Waals surface area contributed by atoms with Crippen molar-refractivity contribution >= 4 is 16.8 Å². The first-order chi connectivity index (χ1) is 10.1. The van der Waals surface area contributed by atoms with Gasteiger partial charge in [-0.05, 0) is 51.0 Å². The van der Waals surface area contributed by atoms with E-state index in [4.69, 9.17) is 4.74 Å². The minimum Gasteiger partial charge on any atom is -0.381 e. The smallest absolute Gasteiger partial charge is 0.251 e. The number of carbonyl (C=O) groups excluding carboxylic acids is 1. The van der Waals surface area contributed by atoms with Crippen molar-refractivity contribution in [2.45, 2.75) is 33.2 Å². The van der Waals surface area contributed by atoms with Gasteiger partial charge in [0.05, 0.1) is 6.61 Å². The molecule has 3 rings (SSSR count). The van der Waals surface area contributed by atoms with E-state index in [2.05, 4.69) is 31.1 Å². The molecule has 1 amide bonds. The van der Waals surface area contributed by atoms with Crippen molar-refractivity contribution in [2.24, 2.45) is 5.92 Å². The van der Waals surface area contributed by atoms with Crippen LogP contribution in [-0.4, -0.2) is 30.1 Å². The van der Waals surface area contributed by atoms with Crippen LogP contribution >= 0.6 is 0 Å². The third-order valence-electron chi connectivity index (χ3n) is 4.60.